The maximum Gasteiger partial charge on any atom is 0.111 e. The van der Waals surface area contributed by atoms with Gasteiger partial charge in [-0.2, -0.15) is 10.2 Å². The molecule has 0 saturated heterocycles. The van der Waals surface area contributed by atoms with Crippen molar-refractivity contribution >= 4 is 10.9 Å². The molecule has 0 unspecified atom stereocenters. The molecule has 0 amide bonds. The van der Waals surface area contributed by atoms with Gasteiger partial charge in [0, 0.05) is 24.0 Å². The van der Waals surface area contributed by atoms with Crippen molar-refractivity contribution in [3.05, 3.63) is 37.1 Å². The summed E-state index contributed by atoms with van der Waals surface area (Å²) in [6.07, 6.45) is 8.95. The number of fused-ring (bicyclic) bond motifs is 1. The number of hydrogen-bond acceptors (Lipinski definition) is 3. The Bertz CT molecular complexity index is 518. The van der Waals surface area contributed by atoms with Crippen LogP contribution in [-0.4, -0.2) is 25.0 Å². The van der Waals surface area contributed by atoms with Gasteiger partial charge < -0.3 is 0 Å². The first-order chi connectivity index (χ1) is 6.93. The van der Waals surface area contributed by atoms with Crippen LogP contribution in [0.2, 0.25) is 0 Å². The van der Waals surface area contributed by atoms with Crippen LogP contribution < -0.4 is 0 Å². The Hall–Kier alpha value is -2.17. The molecule has 0 aromatic carbocycles. The van der Waals surface area contributed by atoms with Gasteiger partial charge in [-0.25, -0.2) is 4.68 Å². The average molecular weight is 185 g/mol. The lowest BCUT2D eigenvalue weighted by atomic mass is 10.3. The number of H-pyrrole nitrogens is 1. The van der Waals surface area contributed by atoms with Crippen LogP contribution >= 0.6 is 0 Å². The van der Waals surface area contributed by atoms with Crippen molar-refractivity contribution in [2.24, 2.45) is 0 Å². The molecule has 1 N–H and O–H groups in total. The SMILES string of the molecule is c1cc2cn(-c3cn[nH]c3)nc2cn1. The number of aromatic nitrogens is 5. The lowest BCUT2D eigenvalue weighted by Gasteiger charge is -1.91. The van der Waals surface area contributed by atoms with Crippen LogP contribution in [0.15, 0.2) is 37.1 Å². The van der Waals surface area contributed by atoms with E-state index in [1.165, 1.54) is 0 Å². The predicted octanol–water partition coefficient (Wildman–Crippen LogP) is 1.14. The van der Waals surface area contributed by atoms with Crippen molar-refractivity contribution < 1.29 is 0 Å². The van der Waals surface area contributed by atoms with E-state index in [9.17, 15) is 0 Å². The third kappa shape index (κ3) is 0.990. The third-order valence-electron chi connectivity index (χ3n) is 2.06. The van der Waals surface area contributed by atoms with Crippen molar-refractivity contribution in [2.75, 3.05) is 0 Å². The van der Waals surface area contributed by atoms with Crippen LogP contribution in [0.25, 0.3) is 16.6 Å². The highest BCUT2D eigenvalue weighted by Crippen LogP contribution is 2.12. The van der Waals surface area contributed by atoms with Crippen LogP contribution in [0.3, 0.4) is 0 Å². The van der Waals surface area contributed by atoms with Gasteiger partial charge in [0.2, 0.25) is 0 Å². The predicted molar refractivity (Wildman–Crippen MR) is 51.0 cm³/mol. The number of hydrogen-bond donors (Lipinski definition) is 1. The smallest absolute Gasteiger partial charge is 0.111 e. The van der Waals surface area contributed by atoms with E-state index in [-0.39, 0.29) is 0 Å². The summed E-state index contributed by atoms with van der Waals surface area (Å²) in [5, 5.41) is 12.0. The molecule has 0 aliphatic heterocycles. The highest BCUT2D eigenvalue weighted by molar-refractivity contribution is 5.77. The van der Waals surface area contributed by atoms with Gasteiger partial charge in [0.25, 0.3) is 0 Å². The van der Waals surface area contributed by atoms with Crippen molar-refractivity contribution in [3.63, 3.8) is 0 Å². The largest absolute Gasteiger partial charge is 0.283 e. The summed E-state index contributed by atoms with van der Waals surface area (Å²) >= 11 is 0. The van der Waals surface area contributed by atoms with Crippen molar-refractivity contribution in [2.45, 2.75) is 0 Å². The first-order valence-corrected chi connectivity index (χ1v) is 4.22. The molecule has 14 heavy (non-hydrogen) atoms. The minimum absolute atomic E-state index is 0.883. The molecule has 0 spiro atoms. The van der Waals surface area contributed by atoms with E-state index >= 15 is 0 Å². The van der Waals surface area contributed by atoms with Crippen LogP contribution in [0.1, 0.15) is 0 Å². The zero-order valence-corrected chi connectivity index (χ0v) is 7.25. The van der Waals surface area contributed by atoms with Crippen molar-refractivity contribution in [1.82, 2.24) is 25.0 Å². The van der Waals surface area contributed by atoms with Gasteiger partial charge in [-0.1, -0.05) is 0 Å². The minimum atomic E-state index is 0.883. The summed E-state index contributed by atoms with van der Waals surface area (Å²) in [4.78, 5) is 4.01. The normalized spacial score (nSPS) is 10.9. The molecule has 0 saturated carbocycles. The Morgan fingerprint density at radius 1 is 1.29 bits per heavy atom. The zero-order valence-electron chi connectivity index (χ0n) is 7.25. The topological polar surface area (TPSA) is 59.4 Å². The summed E-state index contributed by atoms with van der Waals surface area (Å²) in [6.45, 7) is 0. The molecule has 0 atom stereocenters. The Morgan fingerprint density at radius 2 is 2.29 bits per heavy atom. The van der Waals surface area contributed by atoms with E-state index in [4.69, 9.17) is 0 Å². The number of pyridine rings is 1. The first-order valence-electron chi connectivity index (χ1n) is 4.22. The lowest BCUT2D eigenvalue weighted by Crippen LogP contribution is -1.90. The van der Waals surface area contributed by atoms with Crippen LogP contribution in [-0.2, 0) is 0 Å². The monoisotopic (exact) mass is 185 g/mol. The number of aromatic amines is 1. The number of nitrogens with one attached hydrogen (secondary N) is 1. The first kappa shape index (κ1) is 7.25. The van der Waals surface area contributed by atoms with Gasteiger partial charge >= 0.3 is 0 Å². The molecule has 0 aliphatic carbocycles. The average Bonchev–Trinajstić information content (AvgIpc) is 2.86. The molecule has 3 rings (SSSR count). The van der Waals surface area contributed by atoms with E-state index in [1.807, 2.05) is 12.3 Å². The van der Waals surface area contributed by atoms with Gasteiger partial charge in [0.15, 0.2) is 0 Å². The molecule has 0 bridgehead atoms. The Kier molecular flexibility index (Phi) is 1.38. The highest BCUT2D eigenvalue weighted by atomic mass is 15.3. The fourth-order valence-electron chi connectivity index (χ4n) is 1.37. The van der Waals surface area contributed by atoms with Crippen molar-refractivity contribution in [1.29, 1.82) is 0 Å². The fraction of sp³-hybridized carbons (Fsp3) is 0. The quantitative estimate of drug-likeness (QED) is 0.618. The summed E-state index contributed by atoms with van der Waals surface area (Å²) in [6, 6.07) is 1.93. The Balaban J connectivity index is 2.24. The number of rotatable bonds is 1. The van der Waals surface area contributed by atoms with Crippen LogP contribution in [0, 0.1) is 0 Å². The second-order valence-corrected chi connectivity index (χ2v) is 2.96. The van der Waals surface area contributed by atoms with Gasteiger partial charge in [-0.15, -0.1) is 0 Å². The molecular weight excluding hydrogens is 178 g/mol. The molecule has 68 valence electrons. The standard InChI is InChI=1S/C9H7N5/c1-2-10-5-9-7(1)6-14(13-9)8-3-11-12-4-8/h1-6H,(H,11,12). The van der Waals surface area contributed by atoms with Gasteiger partial charge in [-0.05, 0) is 6.07 Å². The van der Waals surface area contributed by atoms with Crippen LogP contribution in [0.4, 0.5) is 0 Å². The maximum absolute atomic E-state index is 4.35. The molecule has 0 fully saturated rings. The minimum Gasteiger partial charge on any atom is -0.283 e. The van der Waals surface area contributed by atoms with E-state index in [0.29, 0.717) is 0 Å². The molecule has 0 radical (unpaired) electrons. The lowest BCUT2D eigenvalue weighted by molar-refractivity contribution is 0.896. The number of nitrogens with zero attached hydrogens (tertiary/aromatic N) is 4. The fourth-order valence-corrected chi connectivity index (χ4v) is 1.37. The molecule has 3 aromatic rings. The Morgan fingerprint density at radius 3 is 3.07 bits per heavy atom. The summed E-state index contributed by atoms with van der Waals surface area (Å²) in [5.74, 6) is 0. The van der Waals surface area contributed by atoms with Gasteiger partial charge in [-0.3, -0.25) is 10.1 Å². The molecule has 3 heterocycles. The zero-order chi connectivity index (χ0) is 9.38. The summed E-state index contributed by atoms with van der Waals surface area (Å²) < 4.78 is 1.77. The van der Waals surface area contributed by atoms with Gasteiger partial charge in [0.1, 0.15) is 11.2 Å². The molecule has 3 aromatic heterocycles. The van der Waals surface area contributed by atoms with Gasteiger partial charge in [0.05, 0.1) is 12.4 Å². The maximum atomic E-state index is 4.35. The highest BCUT2D eigenvalue weighted by Gasteiger charge is 2.01. The second-order valence-electron chi connectivity index (χ2n) is 2.96. The van der Waals surface area contributed by atoms with E-state index in [2.05, 4.69) is 20.3 Å². The van der Waals surface area contributed by atoms with E-state index in [0.717, 1.165) is 16.6 Å². The van der Waals surface area contributed by atoms with E-state index < -0.39 is 0 Å². The summed E-state index contributed by atoms with van der Waals surface area (Å²) in [5.41, 5.74) is 1.80. The Labute approximate surface area is 79.4 Å². The van der Waals surface area contributed by atoms with Crippen LogP contribution in [0.5, 0.6) is 0 Å². The summed E-state index contributed by atoms with van der Waals surface area (Å²) in [7, 11) is 0. The second kappa shape index (κ2) is 2.66. The molecule has 5 nitrogen and oxygen atoms in total. The van der Waals surface area contributed by atoms with E-state index in [1.54, 1.807) is 29.5 Å². The molecule has 5 heteroatoms. The molecular formula is C9H7N5. The third-order valence-corrected chi connectivity index (χ3v) is 2.06. The van der Waals surface area contributed by atoms with Crippen molar-refractivity contribution in [3.8, 4) is 5.69 Å². The molecule has 0 aliphatic rings.